The second-order valence-electron chi connectivity index (χ2n) is 8.20. The zero-order chi connectivity index (χ0) is 20.0. The van der Waals surface area contributed by atoms with E-state index in [1.165, 1.54) is 70.6 Å². The van der Waals surface area contributed by atoms with Crippen LogP contribution in [0, 0.1) is 0 Å². The van der Waals surface area contributed by atoms with Gasteiger partial charge in [-0.25, -0.2) is 15.0 Å². The smallest absolute Gasteiger partial charge is 0.189 e. The summed E-state index contributed by atoms with van der Waals surface area (Å²) in [5.74, 6) is 1.14. The van der Waals surface area contributed by atoms with Crippen LogP contribution < -0.4 is 9.80 Å². The number of hydrogen-bond donors (Lipinski definition) is 1. The van der Waals surface area contributed by atoms with Crippen LogP contribution in [-0.2, 0) is 19.3 Å². The van der Waals surface area contributed by atoms with Crippen molar-refractivity contribution in [1.29, 1.82) is 0 Å². The van der Waals surface area contributed by atoms with Crippen molar-refractivity contribution in [3.8, 4) is 0 Å². The lowest BCUT2D eigenvalue weighted by Gasteiger charge is -2.32. The van der Waals surface area contributed by atoms with Crippen LogP contribution in [0.5, 0.6) is 0 Å². The number of pyridine rings is 1. The Hall–Kier alpha value is -1.44. The first-order chi connectivity index (χ1) is 14.2. The third kappa shape index (κ3) is 3.31. The molecule has 0 aromatic carbocycles. The van der Waals surface area contributed by atoms with E-state index in [2.05, 4.69) is 25.0 Å². The van der Waals surface area contributed by atoms with E-state index >= 15 is 0 Å². The molecule has 5 nitrogen and oxygen atoms in total. The van der Waals surface area contributed by atoms with E-state index in [1.54, 1.807) is 16.7 Å². The molecule has 4 heterocycles. The fourth-order valence-corrected chi connectivity index (χ4v) is 6.49. The number of thiophene rings is 1. The average molecular weight is 429 g/mol. The lowest BCUT2D eigenvalue weighted by atomic mass is 10.0. The van der Waals surface area contributed by atoms with Gasteiger partial charge >= 0.3 is 0 Å². The highest BCUT2D eigenvalue weighted by molar-refractivity contribution is 7.98. The third-order valence-electron chi connectivity index (χ3n) is 6.52. The first-order valence-electron chi connectivity index (χ1n) is 11.0. The van der Waals surface area contributed by atoms with Crippen molar-refractivity contribution in [2.24, 2.45) is 0 Å². The molecule has 3 aromatic rings. The standard InChI is InChI=1S/C22H29N5S2/c1-4-7-16-14-8-6-9-15(14)17-18-19(29-21(17)23-16)20(25-22(24-18)28-3)27-12-10-26(5-2)11-13-27/h4-13H2,1-3H3/p+1. The topological polar surface area (TPSA) is 46.4 Å². The fraction of sp³-hybridized carbons (Fsp3) is 0.591. The molecular formula is C22H30N5S2+. The highest BCUT2D eigenvalue weighted by atomic mass is 32.2. The monoisotopic (exact) mass is 428 g/mol. The predicted molar refractivity (Wildman–Crippen MR) is 124 cm³/mol. The molecule has 29 heavy (non-hydrogen) atoms. The van der Waals surface area contributed by atoms with Gasteiger partial charge in [0.15, 0.2) is 11.0 Å². The highest BCUT2D eigenvalue weighted by Gasteiger charge is 2.27. The minimum absolute atomic E-state index is 0.891. The minimum Gasteiger partial charge on any atom is -0.344 e. The second kappa shape index (κ2) is 8.00. The highest BCUT2D eigenvalue weighted by Crippen LogP contribution is 2.43. The summed E-state index contributed by atoms with van der Waals surface area (Å²) in [6.45, 7) is 10.3. The van der Waals surface area contributed by atoms with Gasteiger partial charge in [-0.15, -0.1) is 11.3 Å². The fourth-order valence-electron chi connectivity index (χ4n) is 4.95. The van der Waals surface area contributed by atoms with E-state index in [0.717, 1.165) is 42.4 Å². The molecular weight excluding hydrogens is 398 g/mol. The van der Waals surface area contributed by atoms with Gasteiger partial charge in [-0.3, -0.25) is 0 Å². The summed E-state index contributed by atoms with van der Waals surface area (Å²) in [4.78, 5) is 20.5. The maximum absolute atomic E-state index is 5.16. The number of anilines is 1. The van der Waals surface area contributed by atoms with E-state index in [0.29, 0.717) is 0 Å². The summed E-state index contributed by atoms with van der Waals surface area (Å²) >= 11 is 3.47. The molecule has 3 aromatic heterocycles. The molecule has 1 aliphatic carbocycles. The molecule has 1 saturated heterocycles. The maximum atomic E-state index is 5.16. The van der Waals surface area contributed by atoms with Crippen molar-refractivity contribution in [3.63, 3.8) is 0 Å². The van der Waals surface area contributed by atoms with Crippen LogP contribution in [-0.4, -0.2) is 53.9 Å². The number of nitrogens with zero attached hydrogens (tertiary/aromatic N) is 4. The SMILES string of the molecule is CCCc1nc2sc3c(N4CC[NH+](CC)CC4)nc(SC)nc3c2c2c1CCC2. The summed E-state index contributed by atoms with van der Waals surface area (Å²) < 4.78 is 1.24. The summed E-state index contributed by atoms with van der Waals surface area (Å²) in [5, 5.41) is 2.22. The number of fused-ring (bicyclic) bond motifs is 5. The lowest BCUT2D eigenvalue weighted by molar-refractivity contribution is -0.898. The van der Waals surface area contributed by atoms with Gasteiger partial charge in [0.2, 0.25) is 0 Å². The molecule has 0 radical (unpaired) electrons. The quantitative estimate of drug-likeness (QED) is 0.500. The Balaban J connectivity index is 1.71. The molecule has 0 amide bonds. The van der Waals surface area contributed by atoms with E-state index in [-0.39, 0.29) is 0 Å². The van der Waals surface area contributed by atoms with Crippen LogP contribution in [0.2, 0.25) is 0 Å². The van der Waals surface area contributed by atoms with Crippen LogP contribution in [0.25, 0.3) is 20.4 Å². The summed E-state index contributed by atoms with van der Waals surface area (Å²) in [6.07, 6.45) is 7.92. The molecule has 0 saturated carbocycles. The van der Waals surface area contributed by atoms with Gasteiger partial charge in [0.1, 0.15) is 4.83 Å². The number of aromatic nitrogens is 3. The number of rotatable bonds is 5. The van der Waals surface area contributed by atoms with Crippen LogP contribution in [0.3, 0.4) is 0 Å². The van der Waals surface area contributed by atoms with Crippen LogP contribution in [0.15, 0.2) is 5.16 Å². The Morgan fingerprint density at radius 2 is 1.86 bits per heavy atom. The van der Waals surface area contributed by atoms with Gasteiger partial charge in [-0.05, 0) is 50.0 Å². The molecule has 0 atom stereocenters. The number of thioether (sulfide) groups is 1. The molecule has 7 heteroatoms. The first kappa shape index (κ1) is 19.5. The third-order valence-corrected chi connectivity index (χ3v) is 8.14. The maximum Gasteiger partial charge on any atom is 0.189 e. The van der Waals surface area contributed by atoms with Gasteiger partial charge in [0.05, 0.1) is 42.9 Å². The Labute approximate surface area is 180 Å². The van der Waals surface area contributed by atoms with Gasteiger partial charge in [-0.1, -0.05) is 25.1 Å². The molecule has 2 aliphatic rings. The van der Waals surface area contributed by atoms with Crippen molar-refractivity contribution in [2.45, 2.75) is 51.1 Å². The number of quaternary nitrogens is 1. The van der Waals surface area contributed by atoms with E-state index < -0.39 is 0 Å². The van der Waals surface area contributed by atoms with Crippen molar-refractivity contribution in [3.05, 3.63) is 16.8 Å². The van der Waals surface area contributed by atoms with Gasteiger partial charge in [-0.2, -0.15) is 0 Å². The van der Waals surface area contributed by atoms with Crippen molar-refractivity contribution in [2.75, 3.05) is 43.9 Å². The van der Waals surface area contributed by atoms with E-state index in [9.17, 15) is 0 Å². The molecule has 0 bridgehead atoms. The molecule has 0 spiro atoms. The Bertz CT molecular complexity index is 1050. The number of likely N-dealkylation sites (N-methyl/N-ethyl adjacent to an activating group) is 1. The molecule has 1 fully saturated rings. The van der Waals surface area contributed by atoms with Crippen LogP contribution >= 0.6 is 23.1 Å². The van der Waals surface area contributed by atoms with Crippen molar-refractivity contribution in [1.82, 2.24) is 15.0 Å². The van der Waals surface area contributed by atoms with Crippen molar-refractivity contribution >= 4 is 49.3 Å². The van der Waals surface area contributed by atoms with Gasteiger partial charge in [0.25, 0.3) is 0 Å². The summed E-state index contributed by atoms with van der Waals surface area (Å²) in [5.41, 5.74) is 5.53. The first-order valence-corrected chi connectivity index (χ1v) is 13.0. The zero-order valence-corrected chi connectivity index (χ0v) is 19.3. The van der Waals surface area contributed by atoms with Crippen LogP contribution in [0.4, 0.5) is 5.82 Å². The number of nitrogens with one attached hydrogen (secondary N) is 1. The molecule has 0 unspecified atom stereocenters. The Kier molecular flexibility index (Phi) is 5.39. The average Bonchev–Trinajstić information content (AvgIpc) is 3.37. The summed E-state index contributed by atoms with van der Waals surface area (Å²) in [6, 6.07) is 0. The normalized spacial score (nSPS) is 17.6. The summed E-state index contributed by atoms with van der Waals surface area (Å²) in [7, 11) is 0. The number of piperazine rings is 1. The molecule has 1 aliphatic heterocycles. The zero-order valence-electron chi connectivity index (χ0n) is 17.7. The Morgan fingerprint density at radius 1 is 1.07 bits per heavy atom. The van der Waals surface area contributed by atoms with E-state index in [1.807, 2.05) is 11.3 Å². The Morgan fingerprint density at radius 3 is 2.59 bits per heavy atom. The molecule has 5 rings (SSSR count). The number of aryl methyl sites for hydroxylation is 2. The lowest BCUT2D eigenvalue weighted by Crippen LogP contribution is -3.14. The van der Waals surface area contributed by atoms with Gasteiger partial charge in [0, 0.05) is 11.1 Å². The van der Waals surface area contributed by atoms with Crippen molar-refractivity contribution < 1.29 is 4.90 Å². The van der Waals surface area contributed by atoms with E-state index in [4.69, 9.17) is 15.0 Å². The van der Waals surface area contributed by atoms with Gasteiger partial charge < -0.3 is 9.80 Å². The number of hydrogen-bond acceptors (Lipinski definition) is 6. The molecule has 1 N–H and O–H groups in total. The minimum atomic E-state index is 0.891. The second-order valence-corrected chi connectivity index (χ2v) is 9.98. The molecule has 154 valence electrons. The largest absolute Gasteiger partial charge is 0.344 e. The predicted octanol–water partition coefficient (Wildman–Crippen LogP) is 3.13. The van der Waals surface area contributed by atoms with Crippen LogP contribution in [0.1, 0.15) is 43.5 Å².